The van der Waals surface area contributed by atoms with E-state index in [-0.39, 0.29) is 23.0 Å². The van der Waals surface area contributed by atoms with Crippen molar-refractivity contribution >= 4 is 16.7 Å². The lowest BCUT2D eigenvalue weighted by Gasteiger charge is -2.60. The van der Waals surface area contributed by atoms with Crippen molar-refractivity contribution < 1.29 is 14.3 Å². The van der Waals surface area contributed by atoms with Crippen molar-refractivity contribution in [1.82, 2.24) is 9.80 Å². The fraction of sp³-hybridized carbons (Fsp3) is 0.433. The van der Waals surface area contributed by atoms with Crippen LogP contribution in [0.2, 0.25) is 0 Å². The maximum absolute atomic E-state index is 13.7. The Balaban J connectivity index is 1.50. The summed E-state index contributed by atoms with van der Waals surface area (Å²) in [4.78, 5) is 18.0. The van der Waals surface area contributed by atoms with E-state index in [2.05, 4.69) is 42.3 Å². The zero-order chi connectivity index (χ0) is 24.6. The van der Waals surface area contributed by atoms with Gasteiger partial charge in [-0.3, -0.25) is 4.79 Å². The van der Waals surface area contributed by atoms with Gasteiger partial charge in [-0.05, 0) is 79.9 Å². The van der Waals surface area contributed by atoms with Crippen molar-refractivity contribution in [1.29, 1.82) is 0 Å². The van der Waals surface area contributed by atoms with Gasteiger partial charge in [0.15, 0.2) is 0 Å². The molecule has 35 heavy (non-hydrogen) atoms. The topological polar surface area (TPSA) is 42.0 Å². The Labute approximate surface area is 208 Å². The van der Waals surface area contributed by atoms with E-state index in [0.29, 0.717) is 0 Å². The van der Waals surface area contributed by atoms with E-state index >= 15 is 0 Å². The van der Waals surface area contributed by atoms with Gasteiger partial charge in [0.05, 0.1) is 12.7 Å². The lowest BCUT2D eigenvalue weighted by molar-refractivity contribution is -0.149. The van der Waals surface area contributed by atoms with Crippen molar-refractivity contribution in [3.63, 3.8) is 0 Å². The van der Waals surface area contributed by atoms with Gasteiger partial charge in [0.25, 0.3) is 5.91 Å². The molecule has 0 radical (unpaired) electrons. The quantitative estimate of drug-likeness (QED) is 0.516. The molecular formula is C30H36N2O3. The van der Waals surface area contributed by atoms with Gasteiger partial charge >= 0.3 is 0 Å². The predicted molar refractivity (Wildman–Crippen MR) is 140 cm³/mol. The first-order chi connectivity index (χ1) is 16.9. The number of carbonyl (C=O) groups excluding carboxylic acids is 1. The number of fused-ring (bicyclic) bond motifs is 2. The Kier molecular flexibility index (Phi) is 6.32. The molecule has 3 atom stereocenters. The van der Waals surface area contributed by atoms with E-state index < -0.39 is 0 Å². The van der Waals surface area contributed by atoms with Crippen molar-refractivity contribution in [2.75, 3.05) is 41.4 Å². The van der Waals surface area contributed by atoms with E-state index in [1.54, 1.807) is 7.11 Å². The molecule has 0 spiro atoms. The standard InChI is InChI=1S/C30H36N2O3/c1-31-17-16-29(25-10-7-11-27(19-25)34-3)20-26(14-15-30(29,21-31)35-4)32(2)28(33)24-13-12-22-8-5-6-9-23(22)18-24/h5-13,18-19,26H,14-17,20-21H2,1-4H3/t26-,29-,30-/m0/s1. The highest BCUT2D eigenvalue weighted by Gasteiger charge is 2.59. The first-order valence-corrected chi connectivity index (χ1v) is 12.6. The largest absolute Gasteiger partial charge is 0.497 e. The fourth-order valence-electron chi connectivity index (χ4n) is 6.62. The second-order valence-corrected chi connectivity index (χ2v) is 10.4. The summed E-state index contributed by atoms with van der Waals surface area (Å²) in [5, 5.41) is 2.24. The molecule has 1 heterocycles. The van der Waals surface area contributed by atoms with Crippen LogP contribution >= 0.6 is 0 Å². The zero-order valence-electron chi connectivity index (χ0n) is 21.3. The molecular weight excluding hydrogens is 436 g/mol. The molecule has 184 valence electrons. The average molecular weight is 473 g/mol. The van der Waals surface area contributed by atoms with Gasteiger partial charge in [-0.25, -0.2) is 0 Å². The molecule has 1 saturated carbocycles. The van der Waals surface area contributed by atoms with Gasteiger partial charge < -0.3 is 19.3 Å². The highest BCUT2D eigenvalue weighted by atomic mass is 16.5. The molecule has 2 aliphatic rings. The van der Waals surface area contributed by atoms with E-state index in [0.717, 1.165) is 60.9 Å². The summed E-state index contributed by atoms with van der Waals surface area (Å²) in [6.07, 6.45) is 3.69. The zero-order valence-corrected chi connectivity index (χ0v) is 21.3. The smallest absolute Gasteiger partial charge is 0.253 e. The number of ether oxygens (including phenoxy) is 2. The molecule has 1 amide bonds. The third-order valence-electron chi connectivity index (χ3n) is 8.66. The third kappa shape index (κ3) is 4.01. The number of hydrogen-bond acceptors (Lipinski definition) is 4. The highest BCUT2D eigenvalue weighted by Crippen LogP contribution is 2.54. The molecule has 5 heteroatoms. The monoisotopic (exact) mass is 472 g/mol. The fourth-order valence-corrected chi connectivity index (χ4v) is 6.62. The molecule has 5 rings (SSSR count). The molecule has 0 N–H and O–H groups in total. The summed E-state index contributed by atoms with van der Waals surface area (Å²) in [5.41, 5.74) is 1.51. The van der Waals surface area contributed by atoms with Crippen LogP contribution in [0.5, 0.6) is 5.75 Å². The third-order valence-corrected chi connectivity index (χ3v) is 8.66. The number of nitrogens with zero attached hydrogens (tertiary/aromatic N) is 2. The number of amides is 1. The molecule has 3 aromatic carbocycles. The second kappa shape index (κ2) is 9.29. The summed E-state index contributed by atoms with van der Waals surface area (Å²) < 4.78 is 12.0. The van der Waals surface area contributed by atoms with Gasteiger partial charge in [-0.1, -0.05) is 42.5 Å². The Hall–Kier alpha value is -2.89. The maximum Gasteiger partial charge on any atom is 0.253 e. The highest BCUT2D eigenvalue weighted by molar-refractivity contribution is 5.98. The summed E-state index contributed by atoms with van der Waals surface area (Å²) in [7, 11) is 7.72. The molecule has 3 aromatic rings. The minimum Gasteiger partial charge on any atom is -0.497 e. The van der Waals surface area contributed by atoms with Crippen molar-refractivity contribution in [3.8, 4) is 5.75 Å². The van der Waals surface area contributed by atoms with Crippen molar-refractivity contribution in [2.24, 2.45) is 0 Å². The molecule has 5 nitrogen and oxygen atoms in total. The Morgan fingerprint density at radius 3 is 2.57 bits per heavy atom. The van der Waals surface area contributed by atoms with Crippen LogP contribution in [-0.4, -0.2) is 68.8 Å². The Morgan fingerprint density at radius 2 is 1.80 bits per heavy atom. The molecule has 1 aliphatic heterocycles. The molecule has 0 unspecified atom stereocenters. The van der Waals surface area contributed by atoms with Crippen molar-refractivity contribution in [3.05, 3.63) is 77.9 Å². The number of carbonyl (C=O) groups is 1. The Bertz CT molecular complexity index is 1230. The average Bonchev–Trinajstić information content (AvgIpc) is 2.91. The first kappa shape index (κ1) is 23.8. The second-order valence-electron chi connectivity index (χ2n) is 10.4. The SMILES string of the molecule is COc1cccc([C@@]23CCN(C)C[C@@]2(OC)CC[C@H](N(C)C(=O)c2ccc4ccccc4c2)C3)c1. The van der Waals surface area contributed by atoms with E-state index in [1.807, 2.05) is 55.5 Å². The van der Waals surface area contributed by atoms with Gasteiger partial charge in [-0.2, -0.15) is 0 Å². The number of hydrogen-bond donors (Lipinski definition) is 0. The van der Waals surface area contributed by atoms with Crippen LogP contribution in [0.15, 0.2) is 66.7 Å². The van der Waals surface area contributed by atoms with E-state index in [9.17, 15) is 4.79 Å². The molecule has 0 aromatic heterocycles. The summed E-state index contributed by atoms with van der Waals surface area (Å²) in [6.45, 7) is 1.88. The van der Waals surface area contributed by atoms with Crippen molar-refractivity contribution in [2.45, 2.75) is 42.7 Å². The van der Waals surface area contributed by atoms with Crippen LogP contribution < -0.4 is 4.74 Å². The minimum atomic E-state index is -0.296. The summed E-state index contributed by atoms with van der Waals surface area (Å²) >= 11 is 0. The number of likely N-dealkylation sites (tertiary alicyclic amines) is 1. The molecule has 1 saturated heterocycles. The molecule has 2 fully saturated rings. The van der Waals surface area contributed by atoms with Gasteiger partial charge in [0, 0.05) is 37.7 Å². The van der Waals surface area contributed by atoms with Crippen LogP contribution in [0.3, 0.4) is 0 Å². The van der Waals surface area contributed by atoms with E-state index in [1.165, 1.54) is 5.56 Å². The van der Waals surface area contributed by atoms with Crippen LogP contribution in [0, 0.1) is 0 Å². The number of benzene rings is 3. The van der Waals surface area contributed by atoms with Gasteiger partial charge in [-0.15, -0.1) is 0 Å². The normalized spacial score (nSPS) is 26.8. The van der Waals surface area contributed by atoms with Crippen LogP contribution in [0.1, 0.15) is 41.6 Å². The molecule has 1 aliphatic carbocycles. The number of likely N-dealkylation sites (N-methyl/N-ethyl adjacent to an activating group) is 1. The summed E-state index contributed by atoms with van der Waals surface area (Å²) in [5.74, 6) is 0.947. The maximum atomic E-state index is 13.7. The van der Waals surface area contributed by atoms with Gasteiger partial charge in [0.1, 0.15) is 5.75 Å². The van der Waals surface area contributed by atoms with Crippen LogP contribution in [-0.2, 0) is 10.2 Å². The van der Waals surface area contributed by atoms with E-state index in [4.69, 9.17) is 9.47 Å². The number of piperidine rings is 1. The van der Waals surface area contributed by atoms with Crippen LogP contribution in [0.25, 0.3) is 10.8 Å². The number of rotatable bonds is 5. The lowest BCUT2D eigenvalue weighted by Crippen LogP contribution is -2.67. The minimum absolute atomic E-state index is 0.0828. The summed E-state index contributed by atoms with van der Waals surface area (Å²) in [6, 6.07) is 22.8. The van der Waals surface area contributed by atoms with Gasteiger partial charge in [0.2, 0.25) is 0 Å². The lowest BCUT2D eigenvalue weighted by atomic mass is 9.55. The Morgan fingerprint density at radius 1 is 1.00 bits per heavy atom. The first-order valence-electron chi connectivity index (χ1n) is 12.6. The predicted octanol–water partition coefficient (Wildman–Crippen LogP) is 5.13. The molecule has 0 bridgehead atoms. The van der Waals surface area contributed by atoms with Crippen LogP contribution in [0.4, 0.5) is 0 Å². The number of methoxy groups -OCH3 is 2.